The van der Waals surface area contributed by atoms with Crippen LogP contribution in [-0.4, -0.2) is 46.1 Å². The second-order valence-corrected chi connectivity index (χ2v) is 8.01. The molecule has 29 heavy (non-hydrogen) atoms. The molecule has 3 heterocycles. The molecule has 0 saturated carbocycles. The molecule has 2 atom stereocenters. The van der Waals surface area contributed by atoms with E-state index in [4.69, 9.17) is 14.5 Å². The normalized spacial score (nSPS) is 24.1. The van der Waals surface area contributed by atoms with Gasteiger partial charge in [0.15, 0.2) is 11.8 Å². The molecule has 4 rings (SSSR count). The van der Waals surface area contributed by atoms with E-state index in [1.807, 2.05) is 36.7 Å². The topological polar surface area (TPSA) is 85.6 Å². The van der Waals surface area contributed by atoms with Gasteiger partial charge in [0.2, 0.25) is 0 Å². The monoisotopic (exact) mass is 398 g/mol. The summed E-state index contributed by atoms with van der Waals surface area (Å²) in [5, 5.41) is 15.4. The Morgan fingerprint density at radius 1 is 1.31 bits per heavy atom. The lowest BCUT2D eigenvalue weighted by molar-refractivity contribution is 0.0242. The van der Waals surface area contributed by atoms with Crippen LogP contribution in [-0.2, 0) is 18.3 Å². The predicted molar refractivity (Wildman–Crippen MR) is 111 cm³/mol. The van der Waals surface area contributed by atoms with Crippen molar-refractivity contribution < 1.29 is 9.47 Å². The lowest BCUT2D eigenvalue weighted by Crippen LogP contribution is -2.47. The highest BCUT2D eigenvalue weighted by Crippen LogP contribution is 2.31. The molecule has 1 fully saturated rings. The van der Waals surface area contributed by atoms with Crippen molar-refractivity contribution in [3.63, 3.8) is 0 Å². The molecule has 156 valence electrons. The van der Waals surface area contributed by atoms with Gasteiger partial charge in [0, 0.05) is 32.2 Å². The predicted octanol–water partition coefficient (Wildman–Crippen LogP) is 2.25. The third-order valence-electron chi connectivity index (χ3n) is 5.76. The minimum Gasteiger partial charge on any atom is -0.493 e. The molecule has 1 aromatic carbocycles. The Kier molecular flexibility index (Phi) is 5.71. The summed E-state index contributed by atoms with van der Waals surface area (Å²) >= 11 is 0. The van der Waals surface area contributed by atoms with Gasteiger partial charge >= 0.3 is 0 Å². The first kappa shape index (κ1) is 19.7. The molecule has 2 unspecified atom stereocenters. The van der Waals surface area contributed by atoms with Gasteiger partial charge in [-0.25, -0.2) is 4.99 Å². The molecular formula is C21H30N6O2. The van der Waals surface area contributed by atoms with E-state index in [1.54, 1.807) is 0 Å². The number of aromatic nitrogens is 3. The quantitative estimate of drug-likeness (QED) is 0.594. The number of hydrogen-bond donors (Lipinski definition) is 2. The molecule has 0 bridgehead atoms. The Hall–Kier alpha value is -2.61. The third-order valence-corrected chi connectivity index (χ3v) is 5.76. The van der Waals surface area contributed by atoms with Gasteiger partial charge in [-0.05, 0) is 32.8 Å². The van der Waals surface area contributed by atoms with Crippen LogP contribution in [0.2, 0.25) is 0 Å². The van der Waals surface area contributed by atoms with Crippen LogP contribution >= 0.6 is 0 Å². The lowest BCUT2D eigenvalue weighted by atomic mass is 10.0. The fourth-order valence-electron chi connectivity index (χ4n) is 3.80. The number of fused-ring (bicyclic) bond motifs is 1. The van der Waals surface area contributed by atoms with Crippen LogP contribution < -0.4 is 15.4 Å². The number of guanidine groups is 1. The van der Waals surface area contributed by atoms with E-state index < -0.39 is 0 Å². The number of nitrogens with one attached hydrogen (secondary N) is 2. The van der Waals surface area contributed by atoms with E-state index in [0.29, 0.717) is 19.7 Å². The van der Waals surface area contributed by atoms with E-state index in [1.165, 1.54) is 0 Å². The van der Waals surface area contributed by atoms with Crippen molar-refractivity contribution in [2.75, 3.05) is 19.8 Å². The van der Waals surface area contributed by atoms with E-state index >= 15 is 0 Å². The van der Waals surface area contributed by atoms with Crippen LogP contribution in [0.1, 0.15) is 49.4 Å². The summed E-state index contributed by atoms with van der Waals surface area (Å²) in [4.78, 5) is 4.80. The van der Waals surface area contributed by atoms with Gasteiger partial charge in [0.05, 0.1) is 18.2 Å². The zero-order valence-electron chi connectivity index (χ0n) is 17.4. The maximum Gasteiger partial charge on any atom is 0.192 e. The van der Waals surface area contributed by atoms with E-state index in [2.05, 4.69) is 33.8 Å². The largest absolute Gasteiger partial charge is 0.493 e. The Morgan fingerprint density at radius 3 is 2.93 bits per heavy atom. The molecule has 2 aliphatic heterocycles. The third kappa shape index (κ3) is 4.53. The van der Waals surface area contributed by atoms with Gasteiger partial charge < -0.3 is 24.7 Å². The Bertz CT molecular complexity index is 872. The lowest BCUT2D eigenvalue weighted by Gasteiger charge is -2.30. The molecule has 1 aromatic heterocycles. The zero-order chi connectivity index (χ0) is 20.3. The van der Waals surface area contributed by atoms with Gasteiger partial charge in [-0.3, -0.25) is 0 Å². The second kappa shape index (κ2) is 8.41. The van der Waals surface area contributed by atoms with Crippen molar-refractivity contribution in [2.24, 2.45) is 12.0 Å². The molecule has 8 heteroatoms. The van der Waals surface area contributed by atoms with E-state index in [0.717, 1.165) is 54.8 Å². The molecule has 0 amide bonds. The number of para-hydroxylation sites is 1. The van der Waals surface area contributed by atoms with Crippen LogP contribution in [0.3, 0.4) is 0 Å². The highest BCUT2D eigenvalue weighted by Gasteiger charge is 2.30. The minimum absolute atomic E-state index is 0.143. The summed E-state index contributed by atoms with van der Waals surface area (Å²) in [5.41, 5.74) is 1.00. The van der Waals surface area contributed by atoms with Crippen LogP contribution in [0.4, 0.5) is 0 Å². The van der Waals surface area contributed by atoms with Crippen LogP contribution in [0, 0.1) is 6.92 Å². The number of aryl methyl sites for hydroxylation is 1. The van der Waals surface area contributed by atoms with Crippen LogP contribution in [0.15, 0.2) is 29.3 Å². The first-order valence-corrected chi connectivity index (χ1v) is 10.3. The summed E-state index contributed by atoms with van der Waals surface area (Å²) in [6.45, 7) is 6.76. The van der Waals surface area contributed by atoms with Gasteiger partial charge in [-0.15, -0.1) is 10.2 Å². The number of rotatable bonds is 5. The number of benzene rings is 1. The molecule has 2 N–H and O–H groups in total. The summed E-state index contributed by atoms with van der Waals surface area (Å²) < 4.78 is 13.7. The molecule has 0 spiro atoms. The Morgan fingerprint density at radius 2 is 2.17 bits per heavy atom. The molecule has 0 aliphatic carbocycles. The Balaban J connectivity index is 1.51. The van der Waals surface area contributed by atoms with Crippen molar-refractivity contribution in [3.8, 4) is 5.75 Å². The minimum atomic E-state index is -0.155. The first-order valence-electron chi connectivity index (χ1n) is 10.3. The molecule has 2 aromatic rings. The summed E-state index contributed by atoms with van der Waals surface area (Å²) in [7, 11) is 1.96. The van der Waals surface area contributed by atoms with Gasteiger partial charge in [0.1, 0.15) is 18.1 Å². The summed E-state index contributed by atoms with van der Waals surface area (Å²) in [6, 6.07) is 8.32. The standard InChI is InChI=1S/C21H30N6O2/c1-15-25-26-19(27(15)3)13-22-20(23-14-21(2)10-6-11-29-21)24-17-9-12-28-18-8-5-4-7-16(17)18/h4-5,7-8,17H,6,9-14H2,1-3H3,(H2,22,23,24). The van der Waals surface area contributed by atoms with Crippen molar-refractivity contribution in [1.82, 2.24) is 25.4 Å². The molecular weight excluding hydrogens is 368 g/mol. The average Bonchev–Trinajstić information content (AvgIpc) is 3.31. The first-order chi connectivity index (χ1) is 14.0. The molecule has 2 aliphatic rings. The average molecular weight is 399 g/mol. The highest BCUT2D eigenvalue weighted by atomic mass is 16.5. The zero-order valence-corrected chi connectivity index (χ0v) is 17.4. The summed E-state index contributed by atoms with van der Waals surface area (Å²) in [6.07, 6.45) is 3.04. The molecule has 0 radical (unpaired) electrons. The highest BCUT2D eigenvalue weighted by molar-refractivity contribution is 5.80. The van der Waals surface area contributed by atoms with Crippen molar-refractivity contribution in [2.45, 2.75) is 51.3 Å². The number of hydrogen-bond acceptors (Lipinski definition) is 5. The van der Waals surface area contributed by atoms with Crippen molar-refractivity contribution in [1.29, 1.82) is 0 Å². The smallest absolute Gasteiger partial charge is 0.192 e. The summed E-state index contributed by atoms with van der Waals surface area (Å²) in [5.74, 6) is 3.40. The SMILES string of the molecule is Cc1nnc(CN=C(NCC2(C)CCCO2)NC2CCOc3ccccc32)n1C. The maximum atomic E-state index is 5.93. The van der Waals surface area contributed by atoms with Crippen LogP contribution in [0.5, 0.6) is 5.75 Å². The maximum absolute atomic E-state index is 5.93. The van der Waals surface area contributed by atoms with Crippen molar-refractivity contribution >= 4 is 5.96 Å². The van der Waals surface area contributed by atoms with E-state index in [-0.39, 0.29) is 11.6 Å². The van der Waals surface area contributed by atoms with Crippen molar-refractivity contribution in [3.05, 3.63) is 41.5 Å². The van der Waals surface area contributed by atoms with Gasteiger partial charge in [0.25, 0.3) is 0 Å². The van der Waals surface area contributed by atoms with Gasteiger partial charge in [-0.1, -0.05) is 18.2 Å². The van der Waals surface area contributed by atoms with Gasteiger partial charge in [-0.2, -0.15) is 0 Å². The Labute approximate surface area is 171 Å². The number of aliphatic imine (C=N–C) groups is 1. The van der Waals surface area contributed by atoms with Crippen LogP contribution in [0.25, 0.3) is 0 Å². The number of nitrogens with zero attached hydrogens (tertiary/aromatic N) is 4. The molecule has 1 saturated heterocycles. The fraction of sp³-hybridized carbons (Fsp3) is 0.571. The number of ether oxygens (including phenoxy) is 2. The fourth-order valence-corrected chi connectivity index (χ4v) is 3.80. The second-order valence-electron chi connectivity index (χ2n) is 8.01. The molecule has 8 nitrogen and oxygen atoms in total. The van der Waals surface area contributed by atoms with E-state index in [9.17, 15) is 0 Å².